The first-order valence-electron chi connectivity index (χ1n) is 4.79. The second-order valence-corrected chi connectivity index (χ2v) is 4.55. The molecule has 0 aliphatic heterocycles. The number of hydrogen-bond acceptors (Lipinski definition) is 5. The molecular weight excluding hydrogens is 269 g/mol. The molecule has 2 aromatic heterocycles. The molecule has 0 bridgehead atoms. The predicted octanol–water partition coefficient (Wildman–Crippen LogP) is 1.84. The topological polar surface area (TPSA) is 60.7 Å². The highest BCUT2D eigenvalue weighted by Crippen LogP contribution is 2.20. The van der Waals surface area contributed by atoms with Crippen molar-refractivity contribution < 1.29 is 18.0 Å². The molecule has 2 aromatic rings. The van der Waals surface area contributed by atoms with Crippen LogP contribution in [0.3, 0.4) is 0 Å². The van der Waals surface area contributed by atoms with Gasteiger partial charge in [0.25, 0.3) is 5.78 Å². The van der Waals surface area contributed by atoms with Gasteiger partial charge in [0.2, 0.25) is 0 Å². The van der Waals surface area contributed by atoms with Crippen LogP contribution in [0.1, 0.15) is 21.2 Å². The van der Waals surface area contributed by atoms with Gasteiger partial charge in [0.15, 0.2) is 5.69 Å². The number of aromatic nitrogens is 4. The molecule has 2 rings (SSSR count). The molecular formula is C9H7F3N4OS. The van der Waals surface area contributed by atoms with Crippen molar-refractivity contribution >= 4 is 17.1 Å². The number of rotatable bonds is 3. The summed E-state index contributed by atoms with van der Waals surface area (Å²) in [6, 6.07) is 0. The number of thiazole rings is 1. The fourth-order valence-corrected chi connectivity index (χ4v) is 1.88. The lowest BCUT2D eigenvalue weighted by Gasteiger charge is -1.99. The Bertz CT molecular complexity index is 574. The van der Waals surface area contributed by atoms with Crippen molar-refractivity contribution in [1.29, 1.82) is 0 Å². The Morgan fingerprint density at radius 1 is 1.50 bits per heavy atom. The second-order valence-electron chi connectivity index (χ2n) is 3.49. The van der Waals surface area contributed by atoms with E-state index < -0.39 is 17.7 Å². The molecule has 0 saturated heterocycles. The molecule has 0 radical (unpaired) electrons. The number of ketones is 1. The molecule has 0 fully saturated rings. The maximum Gasteiger partial charge on any atom is 0.456 e. The summed E-state index contributed by atoms with van der Waals surface area (Å²) in [7, 11) is 0. The number of nitrogens with zero attached hydrogens (tertiary/aromatic N) is 4. The lowest BCUT2D eigenvalue weighted by molar-refractivity contribution is -0.0888. The van der Waals surface area contributed by atoms with Crippen molar-refractivity contribution in [2.24, 2.45) is 0 Å². The van der Waals surface area contributed by atoms with E-state index in [-0.39, 0.29) is 6.54 Å². The van der Waals surface area contributed by atoms with Crippen molar-refractivity contribution in [3.05, 3.63) is 28.0 Å². The molecule has 0 N–H and O–H groups in total. The first kappa shape index (κ1) is 12.7. The first-order chi connectivity index (χ1) is 8.36. The van der Waals surface area contributed by atoms with Gasteiger partial charge >= 0.3 is 6.18 Å². The number of aryl methyl sites for hydroxylation is 1. The van der Waals surface area contributed by atoms with Gasteiger partial charge in [-0.3, -0.25) is 4.79 Å². The van der Waals surface area contributed by atoms with Gasteiger partial charge in [-0.2, -0.15) is 13.2 Å². The van der Waals surface area contributed by atoms with Crippen molar-refractivity contribution in [1.82, 2.24) is 20.0 Å². The minimum absolute atomic E-state index is 0.183. The normalized spacial score (nSPS) is 11.8. The average Bonchev–Trinajstić information content (AvgIpc) is 2.86. The zero-order chi connectivity index (χ0) is 13.3. The third kappa shape index (κ3) is 2.73. The molecule has 0 saturated carbocycles. The van der Waals surface area contributed by atoms with Gasteiger partial charge in [0.1, 0.15) is 0 Å². The molecule has 0 aliphatic rings. The molecule has 18 heavy (non-hydrogen) atoms. The lowest BCUT2D eigenvalue weighted by Crippen LogP contribution is -2.23. The molecule has 0 amide bonds. The number of halogens is 3. The Hall–Kier alpha value is -1.77. The number of Topliss-reactive ketones (excluding diaryl/α,β-unsaturated/α-hetero) is 1. The van der Waals surface area contributed by atoms with Gasteiger partial charge in [0.05, 0.1) is 23.4 Å². The van der Waals surface area contributed by atoms with E-state index in [0.29, 0.717) is 5.69 Å². The SMILES string of the molecule is Cc1nc(Cn2cc(C(=O)C(F)(F)F)nn2)cs1. The van der Waals surface area contributed by atoms with E-state index in [1.54, 1.807) is 5.38 Å². The monoisotopic (exact) mass is 276 g/mol. The maximum absolute atomic E-state index is 12.1. The van der Waals surface area contributed by atoms with E-state index in [1.807, 2.05) is 6.92 Å². The molecule has 0 aliphatic carbocycles. The van der Waals surface area contributed by atoms with Crippen LogP contribution in [-0.4, -0.2) is 31.9 Å². The van der Waals surface area contributed by atoms with Crippen molar-refractivity contribution in [2.45, 2.75) is 19.6 Å². The van der Waals surface area contributed by atoms with E-state index in [2.05, 4.69) is 15.3 Å². The van der Waals surface area contributed by atoms with Gasteiger partial charge in [0, 0.05) is 5.38 Å². The number of carbonyl (C=O) groups excluding carboxylic acids is 1. The summed E-state index contributed by atoms with van der Waals surface area (Å²) < 4.78 is 37.6. The zero-order valence-corrected chi connectivity index (χ0v) is 9.92. The van der Waals surface area contributed by atoms with E-state index in [9.17, 15) is 18.0 Å². The molecule has 0 aromatic carbocycles. The van der Waals surface area contributed by atoms with Crippen molar-refractivity contribution in [2.75, 3.05) is 0 Å². The third-order valence-corrected chi connectivity index (χ3v) is 2.84. The van der Waals surface area contributed by atoms with Gasteiger partial charge in [-0.05, 0) is 6.92 Å². The van der Waals surface area contributed by atoms with E-state index in [0.717, 1.165) is 15.9 Å². The van der Waals surface area contributed by atoms with Crippen LogP contribution in [0.2, 0.25) is 0 Å². The van der Waals surface area contributed by atoms with Gasteiger partial charge in [-0.1, -0.05) is 5.21 Å². The van der Waals surface area contributed by atoms with Crippen LogP contribution in [0.15, 0.2) is 11.6 Å². The van der Waals surface area contributed by atoms with Crippen LogP contribution in [0.25, 0.3) is 0 Å². The van der Waals surface area contributed by atoms with Gasteiger partial charge in [-0.25, -0.2) is 9.67 Å². The number of alkyl halides is 3. The first-order valence-corrected chi connectivity index (χ1v) is 5.67. The minimum atomic E-state index is -4.93. The Balaban J connectivity index is 2.14. The van der Waals surface area contributed by atoms with E-state index in [1.165, 1.54) is 11.3 Å². The maximum atomic E-state index is 12.1. The summed E-state index contributed by atoms with van der Waals surface area (Å²) in [4.78, 5) is 15.0. The Morgan fingerprint density at radius 2 is 2.22 bits per heavy atom. The number of hydrogen-bond donors (Lipinski definition) is 0. The summed E-state index contributed by atoms with van der Waals surface area (Å²) in [6.45, 7) is 2.00. The van der Waals surface area contributed by atoms with Crippen LogP contribution in [0.5, 0.6) is 0 Å². The third-order valence-electron chi connectivity index (χ3n) is 2.02. The highest BCUT2D eigenvalue weighted by atomic mass is 32.1. The molecule has 2 heterocycles. The molecule has 0 spiro atoms. The molecule has 0 unspecified atom stereocenters. The standard InChI is InChI=1S/C9H7F3N4OS/c1-5-13-6(4-18-5)2-16-3-7(14-15-16)8(17)9(10,11)12/h3-4H,2H2,1H3. The number of carbonyl (C=O) groups is 1. The molecule has 5 nitrogen and oxygen atoms in total. The van der Waals surface area contributed by atoms with Crippen LogP contribution in [0, 0.1) is 6.92 Å². The highest BCUT2D eigenvalue weighted by molar-refractivity contribution is 7.09. The Morgan fingerprint density at radius 3 is 2.78 bits per heavy atom. The zero-order valence-electron chi connectivity index (χ0n) is 9.10. The van der Waals surface area contributed by atoms with Crippen molar-refractivity contribution in [3.63, 3.8) is 0 Å². The Labute approximate surface area is 103 Å². The molecule has 96 valence electrons. The Kier molecular flexibility index (Phi) is 3.16. The van der Waals surface area contributed by atoms with Crippen LogP contribution < -0.4 is 0 Å². The summed E-state index contributed by atoms with van der Waals surface area (Å²) in [5.41, 5.74) is -0.0529. The highest BCUT2D eigenvalue weighted by Gasteiger charge is 2.41. The fraction of sp³-hybridized carbons (Fsp3) is 0.333. The second kappa shape index (κ2) is 4.48. The predicted molar refractivity (Wildman–Crippen MR) is 56.4 cm³/mol. The van der Waals surface area contributed by atoms with Crippen LogP contribution in [0.4, 0.5) is 13.2 Å². The van der Waals surface area contributed by atoms with Crippen molar-refractivity contribution in [3.8, 4) is 0 Å². The summed E-state index contributed by atoms with van der Waals surface area (Å²) in [5.74, 6) is -2.00. The molecule has 9 heteroatoms. The quantitative estimate of drug-likeness (QED) is 0.802. The fourth-order valence-electron chi connectivity index (χ4n) is 1.27. The van der Waals surface area contributed by atoms with Gasteiger partial charge in [-0.15, -0.1) is 16.4 Å². The largest absolute Gasteiger partial charge is 0.456 e. The lowest BCUT2D eigenvalue weighted by atomic mass is 10.3. The van der Waals surface area contributed by atoms with Crippen LogP contribution >= 0.6 is 11.3 Å². The smallest absolute Gasteiger partial charge is 0.282 e. The van der Waals surface area contributed by atoms with Gasteiger partial charge < -0.3 is 0 Å². The summed E-state index contributed by atoms with van der Waals surface area (Å²) in [6.07, 6.45) is -3.97. The van der Waals surface area contributed by atoms with Crippen LogP contribution in [-0.2, 0) is 6.54 Å². The molecule has 0 atom stereocenters. The van der Waals surface area contributed by atoms with E-state index in [4.69, 9.17) is 0 Å². The minimum Gasteiger partial charge on any atom is -0.282 e. The summed E-state index contributed by atoms with van der Waals surface area (Å²) >= 11 is 1.42. The summed E-state index contributed by atoms with van der Waals surface area (Å²) in [5, 5.41) is 9.28. The average molecular weight is 276 g/mol. The van der Waals surface area contributed by atoms with E-state index >= 15 is 0 Å².